The van der Waals surface area contributed by atoms with Crippen LogP contribution in [0.5, 0.6) is 0 Å². The van der Waals surface area contributed by atoms with E-state index in [1.165, 1.54) is 0 Å². The fourth-order valence-corrected chi connectivity index (χ4v) is 2.57. The molecular weight excluding hydrogens is 331 g/mol. The van der Waals surface area contributed by atoms with E-state index in [2.05, 4.69) is 10.6 Å². The highest BCUT2D eigenvalue weighted by atomic mass is 35.5. The van der Waals surface area contributed by atoms with Crippen LogP contribution in [0.25, 0.3) is 0 Å². The van der Waals surface area contributed by atoms with E-state index in [0.717, 1.165) is 5.56 Å². The third-order valence-corrected chi connectivity index (χ3v) is 3.56. The van der Waals surface area contributed by atoms with Crippen molar-refractivity contribution in [2.24, 2.45) is 0 Å². The van der Waals surface area contributed by atoms with E-state index in [1.807, 2.05) is 24.3 Å². The van der Waals surface area contributed by atoms with E-state index in [1.54, 1.807) is 18.2 Å². The van der Waals surface area contributed by atoms with Crippen LogP contribution in [-0.4, -0.2) is 12.6 Å². The fourth-order valence-electron chi connectivity index (χ4n) is 1.81. The summed E-state index contributed by atoms with van der Waals surface area (Å²) in [5, 5.41) is 7.05. The summed E-state index contributed by atoms with van der Waals surface area (Å²) in [6.07, 6.45) is 0.656. The van der Waals surface area contributed by atoms with Gasteiger partial charge in [-0.3, -0.25) is 0 Å². The first-order valence-corrected chi connectivity index (χ1v) is 7.42. The second kappa shape index (κ2) is 7.55. The minimum absolute atomic E-state index is 0.319. The van der Waals surface area contributed by atoms with Crippen LogP contribution in [0.15, 0.2) is 42.5 Å². The lowest BCUT2D eigenvalue weighted by Crippen LogP contribution is -2.30. The summed E-state index contributed by atoms with van der Waals surface area (Å²) < 4.78 is 0. The Morgan fingerprint density at radius 2 is 1.67 bits per heavy atom. The molecule has 2 aromatic rings. The molecule has 2 N–H and O–H groups in total. The van der Waals surface area contributed by atoms with Gasteiger partial charge in [0.1, 0.15) is 0 Å². The van der Waals surface area contributed by atoms with Crippen molar-refractivity contribution in [2.45, 2.75) is 6.42 Å². The van der Waals surface area contributed by atoms with Crippen LogP contribution in [-0.2, 0) is 6.42 Å². The van der Waals surface area contributed by atoms with Gasteiger partial charge in [0.25, 0.3) is 0 Å². The van der Waals surface area contributed by atoms with E-state index in [0.29, 0.717) is 33.7 Å². The summed E-state index contributed by atoms with van der Waals surface area (Å²) in [5.74, 6) is 0. The Labute approximate surface area is 138 Å². The molecule has 0 aliphatic carbocycles. The number of anilines is 1. The SMILES string of the molecule is O=C(NCCc1ccccc1Cl)Nc1cc(Cl)cc(Cl)c1. The number of benzene rings is 2. The zero-order valence-electron chi connectivity index (χ0n) is 11.0. The van der Waals surface area contributed by atoms with Crippen molar-refractivity contribution in [3.63, 3.8) is 0 Å². The number of carbonyl (C=O) groups excluding carboxylic acids is 1. The molecule has 0 saturated heterocycles. The number of hydrogen-bond donors (Lipinski definition) is 2. The Bertz CT molecular complexity index is 626. The number of urea groups is 1. The number of hydrogen-bond acceptors (Lipinski definition) is 1. The molecule has 2 rings (SSSR count). The van der Waals surface area contributed by atoms with Crippen LogP contribution in [0.1, 0.15) is 5.56 Å². The zero-order valence-corrected chi connectivity index (χ0v) is 13.3. The minimum atomic E-state index is -0.319. The van der Waals surface area contributed by atoms with Crippen molar-refractivity contribution in [1.29, 1.82) is 0 Å². The molecule has 0 heterocycles. The lowest BCUT2D eigenvalue weighted by Gasteiger charge is -2.09. The Kier molecular flexibility index (Phi) is 5.74. The van der Waals surface area contributed by atoms with Gasteiger partial charge in [0.2, 0.25) is 0 Å². The Balaban J connectivity index is 1.84. The van der Waals surface area contributed by atoms with E-state index in [-0.39, 0.29) is 6.03 Å². The minimum Gasteiger partial charge on any atom is -0.338 e. The van der Waals surface area contributed by atoms with Gasteiger partial charge in [-0.05, 0) is 36.2 Å². The van der Waals surface area contributed by atoms with Gasteiger partial charge in [0.05, 0.1) is 0 Å². The van der Waals surface area contributed by atoms with Crippen LogP contribution in [0, 0.1) is 0 Å². The summed E-state index contributed by atoms with van der Waals surface area (Å²) in [6, 6.07) is 12.1. The molecule has 110 valence electrons. The first-order valence-electron chi connectivity index (χ1n) is 6.29. The molecule has 0 unspecified atom stereocenters. The molecule has 0 bridgehead atoms. The largest absolute Gasteiger partial charge is 0.338 e. The first kappa shape index (κ1) is 16.0. The highest BCUT2D eigenvalue weighted by molar-refractivity contribution is 6.35. The van der Waals surface area contributed by atoms with Crippen molar-refractivity contribution in [2.75, 3.05) is 11.9 Å². The molecule has 6 heteroatoms. The average molecular weight is 344 g/mol. The van der Waals surface area contributed by atoms with Gasteiger partial charge in [-0.15, -0.1) is 0 Å². The Morgan fingerprint density at radius 3 is 2.33 bits per heavy atom. The van der Waals surface area contributed by atoms with E-state index < -0.39 is 0 Å². The summed E-state index contributed by atoms with van der Waals surface area (Å²) >= 11 is 17.8. The Morgan fingerprint density at radius 1 is 1.00 bits per heavy atom. The van der Waals surface area contributed by atoms with Crippen LogP contribution < -0.4 is 10.6 Å². The standard InChI is InChI=1S/C15H13Cl3N2O/c16-11-7-12(17)9-13(8-11)20-15(21)19-6-5-10-3-1-2-4-14(10)18/h1-4,7-9H,5-6H2,(H2,19,20,21). The molecule has 21 heavy (non-hydrogen) atoms. The number of halogens is 3. The van der Waals surface area contributed by atoms with Gasteiger partial charge in [0, 0.05) is 27.3 Å². The summed E-state index contributed by atoms with van der Waals surface area (Å²) in [4.78, 5) is 11.8. The van der Waals surface area contributed by atoms with Crippen LogP contribution in [0.4, 0.5) is 10.5 Å². The molecule has 0 spiro atoms. The first-order chi connectivity index (χ1) is 10.0. The third-order valence-electron chi connectivity index (χ3n) is 2.76. The van der Waals surface area contributed by atoms with Crippen LogP contribution in [0.3, 0.4) is 0 Å². The quantitative estimate of drug-likeness (QED) is 0.805. The molecule has 2 aromatic carbocycles. The maximum atomic E-state index is 11.8. The van der Waals surface area contributed by atoms with E-state index in [4.69, 9.17) is 34.8 Å². The van der Waals surface area contributed by atoms with Gasteiger partial charge < -0.3 is 10.6 Å². The molecule has 0 aliphatic heterocycles. The molecule has 0 atom stereocenters. The molecular formula is C15H13Cl3N2O. The van der Waals surface area contributed by atoms with Gasteiger partial charge in [0.15, 0.2) is 0 Å². The number of carbonyl (C=O) groups is 1. The van der Waals surface area contributed by atoms with Gasteiger partial charge >= 0.3 is 6.03 Å². The highest BCUT2D eigenvalue weighted by Crippen LogP contribution is 2.22. The molecule has 0 radical (unpaired) electrons. The van der Waals surface area contributed by atoms with Crippen molar-refractivity contribution in [3.05, 3.63) is 63.1 Å². The second-order valence-corrected chi connectivity index (χ2v) is 5.66. The second-order valence-electron chi connectivity index (χ2n) is 4.38. The van der Waals surface area contributed by atoms with E-state index in [9.17, 15) is 4.79 Å². The summed E-state index contributed by atoms with van der Waals surface area (Å²) in [7, 11) is 0. The van der Waals surface area contributed by atoms with Crippen molar-refractivity contribution in [3.8, 4) is 0 Å². The van der Waals surface area contributed by atoms with Crippen LogP contribution >= 0.6 is 34.8 Å². The lowest BCUT2D eigenvalue weighted by atomic mass is 10.1. The topological polar surface area (TPSA) is 41.1 Å². The predicted molar refractivity (Wildman–Crippen MR) is 88.6 cm³/mol. The monoisotopic (exact) mass is 342 g/mol. The van der Waals surface area contributed by atoms with E-state index >= 15 is 0 Å². The zero-order chi connectivity index (χ0) is 15.2. The lowest BCUT2D eigenvalue weighted by molar-refractivity contribution is 0.252. The van der Waals surface area contributed by atoms with Gasteiger partial charge in [-0.25, -0.2) is 4.79 Å². The normalized spacial score (nSPS) is 10.2. The summed E-state index contributed by atoms with van der Waals surface area (Å²) in [5.41, 5.74) is 1.54. The maximum absolute atomic E-state index is 11.8. The maximum Gasteiger partial charge on any atom is 0.319 e. The van der Waals surface area contributed by atoms with Crippen molar-refractivity contribution in [1.82, 2.24) is 5.32 Å². The molecule has 0 saturated carbocycles. The van der Waals surface area contributed by atoms with Crippen molar-refractivity contribution < 1.29 is 4.79 Å². The Hall–Kier alpha value is -1.42. The number of amides is 2. The number of rotatable bonds is 4. The molecule has 2 amide bonds. The van der Waals surface area contributed by atoms with Gasteiger partial charge in [-0.1, -0.05) is 53.0 Å². The summed E-state index contributed by atoms with van der Waals surface area (Å²) in [6.45, 7) is 0.476. The fraction of sp³-hybridized carbons (Fsp3) is 0.133. The predicted octanol–water partition coefficient (Wildman–Crippen LogP) is 5.01. The average Bonchev–Trinajstić information content (AvgIpc) is 2.39. The number of nitrogens with one attached hydrogen (secondary N) is 2. The van der Waals surface area contributed by atoms with Crippen LogP contribution in [0.2, 0.25) is 15.1 Å². The molecule has 3 nitrogen and oxygen atoms in total. The van der Waals surface area contributed by atoms with Crippen molar-refractivity contribution >= 4 is 46.5 Å². The third kappa shape index (κ3) is 5.12. The molecule has 0 fully saturated rings. The molecule has 0 aromatic heterocycles. The smallest absolute Gasteiger partial charge is 0.319 e. The van der Waals surface area contributed by atoms with Gasteiger partial charge in [-0.2, -0.15) is 0 Å². The molecule has 0 aliphatic rings. The highest BCUT2D eigenvalue weighted by Gasteiger charge is 2.04.